The van der Waals surface area contributed by atoms with Crippen LogP contribution in [0.1, 0.15) is 16.5 Å². The standard InChI is InChI=1S/C17H11N3O3S/c1-11-10-24-17(19-11)13(9-18)8-15-5-6-16(23-15)12-3-2-4-14(7-12)20(21)22/h2-8,10H,1H3/b13-8+. The third kappa shape index (κ3) is 3.24. The van der Waals surface area contributed by atoms with Crippen molar-refractivity contribution in [3.8, 4) is 17.4 Å². The molecular formula is C17H11N3O3S. The van der Waals surface area contributed by atoms with E-state index in [0.29, 0.717) is 27.7 Å². The van der Waals surface area contributed by atoms with Crippen LogP contribution in [-0.4, -0.2) is 9.91 Å². The molecule has 0 fully saturated rings. The van der Waals surface area contributed by atoms with Gasteiger partial charge in [-0.1, -0.05) is 12.1 Å². The van der Waals surface area contributed by atoms with Gasteiger partial charge in [-0.05, 0) is 19.1 Å². The number of thiazole rings is 1. The van der Waals surface area contributed by atoms with Crippen LogP contribution in [0.15, 0.2) is 46.2 Å². The fourth-order valence-electron chi connectivity index (χ4n) is 2.12. The Bertz CT molecular complexity index is 979. The Morgan fingerprint density at radius 2 is 2.25 bits per heavy atom. The summed E-state index contributed by atoms with van der Waals surface area (Å²) in [5.41, 5.74) is 1.87. The molecule has 0 N–H and O–H groups in total. The Morgan fingerprint density at radius 1 is 1.42 bits per heavy atom. The van der Waals surface area contributed by atoms with E-state index in [1.807, 2.05) is 12.3 Å². The Morgan fingerprint density at radius 3 is 2.92 bits per heavy atom. The number of nitriles is 1. The number of allylic oxidation sites excluding steroid dienone is 1. The first-order valence-corrected chi connectivity index (χ1v) is 7.84. The summed E-state index contributed by atoms with van der Waals surface area (Å²) in [5, 5.41) is 22.7. The van der Waals surface area contributed by atoms with Crippen LogP contribution in [0.5, 0.6) is 0 Å². The number of nitrogens with zero attached hydrogens (tertiary/aromatic N) is 3. The maximum atomic E-state index is 10.9. The number of benzene rings is 1. The van der Waals surface area contributed by atoms with Crippen molar-refractivity contribution < 1.29 is 9.34 Å². The zero-order chi connectivity index (χ0) is 17.1. The zero-order valence-electron chi connectivity index (χ0n) is 12.6. The largest absolute Gasteiger partial charge is 0.457 e. The van der Waals surface area contributed by atoms with Gasteiger partial charge in [0.1, 0.15) is 22.6 Å². The van der Waals surface area contributed by atoms with E-state index in [-0.39, 0.29) is 5.69 Å². The molecule has 118 valence electrons. The van der Waals surface area contributed by atoms with E-state index >= 15 is 0 Å². The van der Waals surface area contributed by atoms with Gasteiger partial charge in [-0.3, -0.25) is 10.1 Å². The maximum absolute atomic E-state index is 10.9. The topological polar surface area (TPSA) is 93.0 Å². The van der Waals surface area contributed by atoms with Crippen LogP contribution in [0.3, 0.4) is 0 Å². The van der Waals surface area contributed by atoms with Gasteiger partial charge in [0, 0.05) is 34.8 Å². The van der Waals surface area contributed by atoms with Crippen LogP contribution in [0.4, 0.5) is 5.69 Å². The van der Waals surface area contributed by atoms with Gasteiger partial charge >= 0.3 is 0 Å². The summed E-state index contributed by atoms with van der Waals surface area (Å²) in [6.45, 7) is 1.86. The Kier molecular flexibility index (Phi) is 4.22. The first-order valence-electron chi connectivity index (χ1n) is 6.96. The highest BCUT2D eigenvalue weighted by atomic mass is 32.1. The van der Waals surface area contributed by atoms with E-state index < -0.39 is 4.92 Å². The summed E-state index contributed by atoms with van der Waals surface area (Å²) >= 11 is 1.39. The minimum Gasteiger partial charge on any atom is -0.457 e. The molecule has 0 spiro atoms. The molecule has 1 aromatic carbocycles. The minimum absolute atomic E-state index is 0.00281. The molecule has 0 saturated heterocycles. The van der Waals surface area contributed by atoms with Crippen LogP contribution >= 0.6 is 11.3 Å². The van der Waals surface area contributed by atoms with Crippen molar-refractivity contribution in [1.82, 2.24) is 4.98 Å². The first kappa shape index (κ1) is 15.6. The number of nitro groups is 1. The lowest BCUT2D eigenvalue weighted by molar-refractivity contribution is -0.384. The third-order valence-electron chi connectivity index (χ3n) is 3.22. The van der Waals surface area contributed by atoms with Crippen LogP contribution < -0.4 is 0 Å². The lowest BCUT2D eigenvalue weighted by Crippen LogP contribution is -1.87. The van der Waals surface area contributed by atoms with Gasteiger partial charge in [-0.25, -0.2) is 4.98 Å². The highest BCUT2D eigenvalue weighted by Crippen LogP contribution is 2.28. The molecule has 2 aromatic heterocycles. The molecule has 3 aromatic rings. The van der Waals surface area contributed by atoms with Crippen LogP contribution in [0.25, 0.3) is 23.0 Å². The molecule has 3 rings (SSSR count). The molecule has 7 heteroatoms. The number of hydrogen-bond acceptors (Lipinski definition) is 6. The van der Waals surface area contributed by atoms with Gasteiger partial charge < -0.3 is 4.42 Å². The van der Waals surface area contributed by atoms with Gasteiger partial charge in [-0.15, -0.1) is 11.3 Å². The molecule has 0 aliphatic heterocycles. The van der Waals surface area contributed by atoms with Crippen LogP contribution in [0, 0.1) is 28.4 Å². The summed E-state index contributed by atoms with van der Waals surface area (Å²) in [6.07, 6.45) is 1.61. The Balaban J connectivity index is 1.93. The van der Waals surface area contributed by atoms with E-state index in [1.54, 1.807) is 30.3 Å². The lowest BCUT2D eigenvalue weighted by atomic mass is 10.1. The first-order chi connectivity index (χ1) is 11.6. The SMILES string of the molecule is Cc1csc(/C(C#N)=C/c2ccc(-c3cccc([N+](=O)[O-])c3)o2)n1. The molecule has 0 amide bonds. The van der Waals surface area contributed by atoms with Crippen molar-refractivity contribution in [3.05, 3.63) is 68.4 Å². The van der Waals surface area contributed by atoms with Gasteiger partial charge in [0.15, 0.2) is 0 Å². The minimum atomic E-state index is -0.453. The highest BCUT2D eigenvalue weighted by Gasteiger charge is 2.11. The average Bonchev–Trinajstić information content (AvgIpc) is 3.21. The van der Waals surface area contributed by atoms with Gasteiger partial charge in [-0.2, -0.15) is 5.26 Å². The molecule has 2 heterocycles. The van der Waals surface area contributed by atoms with E-state index in [2.05, 4.69) is 11.1 Å². The maximum Gasteiger partial charge on any atom is 0.270 e. The molecule has 0 atom stereocenters. The van der Waals surface area contributed by atoms with Crippen molar-refractivity contribution >= 4 is 28.7 Å². The predicted molar refractivity (Wildman–Crippen MR) is 91.1 cm³/mol. The van der Waals surface area contributed by atoms with E-state index in [1.165, 1.54) is 23.5 Å². The fourth-order valence-corrected chi connectivity index (χ4v) is 2.88. The number of aromatic nitrogens is 1. The van der Waals surface area contributed by atoms with Crippen LogP contribution in [-0.2, 0) is 0 Å². The average molecular weight is 337 g/mol. The lowest BCUT2D eigenvalue weighted by Gasteiger charge is -1.97. The summed E-state index contributed by atoms with van der Waals surface area (Å²) in [4.78, 5) is 14.7. The molecule has 0 saturated carbocycles. The second kappa shape index (κ2) is 6.48. The molecular weight excluding hydrogens is 326 g/mol. The number of furan rings is 1. The van der Waals surface area contributed by atoms with E-state index in [9.17, 15) is 15.4 Å². The van der Waals surface area contributed by atoms with Gasteiger partial charge in [0.05, 0.1) is 10.5 Å². The highest BCUT2D eigenvalue weighted by molar-refractivity contribution is 7.11. The quantitative estimate of drug-likeness (QED) is 0.391. The Hall–Kier alpha value is -3.24. The summed E-state index contributed by atoms with van der Waals surface area (Å²) in [5.74, 6) is 0.985. The monoisotopic (exact) mass is 337 g/mol. The van der Waals surface area contributed by atoms with Gasteiger partial charge in [0.25, 0.3) is 5.69 Å². The van der Waals surface area contributed by atoms with Gasteiger partial charge in [0.2, 0.25) is 0 Å². The summed E-state index contributed by atoms with van der Waals surface area (Å²) in [7, 11) is 0. The van der Waals surface area contributed by atoms with E-state index in [0.717, 1.165) is 5.69 Å². The molecule has 0 radical (unpaired) electrons. The number of hydrogen-bond donors (Lipinski definition) is 0. The smallest absolute Gasteiger partial charge is 0.270 e. The van der Waals surface area contributed by atoms with Crippen molar-refractivity contribution in [2.45, 2.75) is 6.92 Å². The summed E-state index contributed by atoms with van der Waals surface area (Å²) < 4.78 is 5.69. The molecule has 0 bridgehead atoms. The van der Waals surface area contributed by atoms with Crippen molar-refractivity contribution in [1.29, 1.82) is 5.26 Å². The second-order valence-corrected chi connectivity index (χ2v) is 5.83. The molecule has 0 unspecified atom stereocenters. The summed E-state index contributed by atoms with van der Waals surface area (Å²) in [6, 6.07) is 11.7. The van der Waals surface area contributed by atoms with Crippen LogP contribution in [0.2, 0.25) is 0 Å². The number of rotatable bonds is 4. The second-order valence-electron chi connectivity index (χ2n) is 4.97. The normalized spacial score (nSPS) is 11.2. The fraction of sp³-hybridized carbons (Fsp3) is 0.0588. The van der Waals surface area contributed by atoms with Crippen molar-refractivity contribution in [3.63, 3.8) is 0 Å². The number of aryl methyl sites for hydroxylation is 1. The molecule has 6 nitrogen and oxygen atoms in total. The Labute approximate surface area is 141 Å². The predicted octanol–water partition coefficient (Wildman–Crippen LogP) is 4.68. The number of non-ortho nitro benzene ring substituents is 1. The van der Waals surface area contributed by atoms with Crippen molar-refractivity contribution in [2.24, 2.45) is 0 Å². The number of nitro benzene ring substituents is 1. The van der Waals surface area contributed by atoms with Crippen molar-refractivity contribution in [2.75, 3.05) is 0 Å². The van der Waals surface area contributed by atoms with E-state index in [4.69, 9.17) is 4.42 Å². The molecule has 24 heavy (non-hydrogen) atoms. The molecule has 0 aliphatic rings. The molecule has 0 aliphatic carbocycles. The third-order valence-corrected chi connectivity index (χ3v) is 4.22. The zero-order valence-corrected chi connectivity index (χ0v) is 13.4.